The molecule has 0 aromatic carbocycles. The molecule has 0 saturated heterocycles. The van der Waals surface area contributed by atoms with Gasteiger partial charge >= 0.3 is 5.97 Å². The summed E-state index contributed by atoms with van der Waals surface area (Å²) in [7, 11) is 0. The average Bonchev–Trinajstić information content (AvgIpc) is 2.12. The molecule has 1 atom stereocenters. The van der Waals surface area contributed by atoms with E-state index in [0.717, 1.165) is 0 Å². The van der Waals surface area contributed by atoms with Gasteiger partial charge in [0.15, 0.2) is 0 Å². The molecule has 0 aliphatic heterocycles. The van der Waals surface area contributed by atoms with Crippen LogP contribution < -0.4 is 0 Å². The first-order valence-corrected chi connectivity index (χ1v) is 4.23. The fourth-order valence-corrected chi connectivity index (χ4v) is 0.915. The zero-order valence-electron chi connectivity index (χ0n) is 6.93. The van der Waals surface area contributed by atoms with Gasteiger partial charge in [0, 0.05) is 0 Å². The van der Waals surface area contributed by atoms with E-state index in [-0.39, 0.29) is 13.0 Å². The topological polar surface area (TPSA) is 88.8 Å². The van der Waals surface area contributed by atoms with Crippen molar-refractivity contribution in [1.82, 2.24) is 0 Å². The maximum absolute atomic E-state index is 10.8. The van der Waals surface area contributed by atoms with Crippen molar-refractivity contribution in [2.45, 2.75) is 18.6 Å². The molecule has 1 unspecified atom stereocenters. The lowest BCUT2D eigenvalue weighted by Crippen LogP contribution is -2.12. The predicted molar refractivity (Wildman–Crippen MR) is 43.0 cm³/mol. The molecule has 0 fully saturated rings. The minimum Gasteiger partial charge on any atom is -0.466 e. The number of esters is 1. The first-order valence-electron chi connectivity index (χ1n) is 3.43. The van der Waals surface area contributed by atoms with Crippen LogP contribution in [0.1, 0.15) is 13.3 Å². The Bertz CT molecular complexity index is 192. The molecule has 0 aliphatic rings. The highest BCUT2D eigenvalue weighted by Crippen LogP contribution is 2.15. The second kappa shape index (κ2) is 7.82. The molecule has 6 nitrogen and oxygen atoms in total. The Balaban J connectivity index is 3.71. The zero-order valence-corrected chi connectivity index (χ0v) is 7.74. The van der Waals surface area contributed by atoms with Gasteiger partial charge in [-0.3, -0.25) is 4.79 Å². The fraction of sp³-hybridized carbons (Fsp3) is 0.667. The second-order valence-electron chi connectivity index (χ2n) is 1.87. The third-order valence-corrected chi connectivity index (χ3v) is 1.63. The van der Waals surface area contributed by atoms with Crippen molar-refractivity contribution in [2.75, 3.05) is 6.61 Å². The SMILES string of the molecule is CCOC(=O)CC(C#N)SOOO. The van der Waals surface area contributed by atoms with Crippen LogP contribution in [-0.4, -0.2) is 23.1 Å². The Hall–Kier alpha value is -0.810. The summed E-state index contributed by atoms with van der Waals surface area (Å²) in [5, 5.41) is 18.8. The highest BCUT2D eigenvalue weighted by molar-refractivity contribution is 7.95. The van der Waals surface area contributed by atoms with Gasteiger partial charge in [-0.1, -0.05) is 5.04 Å². The minimum atomic E-state index is -0.758. The summed E-state index contributed by atoms with van der Waals surface area (Å²) in [4.78, 5) is 10.8. The monoisotopic (exact) mass is 207 g/mol. The molecule has 0 amide bonds. The molecule has 0 rings (SSSR count). The molecular weight excluding hydrogens is 198 g/mol. The van der Waals surface area contributed by atoms with Crippen molar-refractivity contribution in [1.29, 1.82) is 5.26 Å². The van der Waals surface area contributed by atoms with Crippen molar-refractivity contribution < 1.29 is 24.2 Å². The van der Waals surface area contributed by atoms with Crippen LogP contribution >= 0.6 is 12.0 Å². The van der Waals surface area contributed by atoms with Crippen molar-refractivity contribution >= 4 is 18.0 Å². The molecular formula is C6H9NO5S. The van der Waals surface area contributed by atoms with Gasteiger partial charge in [0.25, 0.3) is 0 Å². The molecule has 7 heteroatoms. The normalized spacial score (nSPS) is 11.8. The van der Waals surface area contributed by atoms with Crippen LogP contribution in [0.2, 0.25) is 0 Å². The summed E-state index contributed by atoms with van der Waals surface area (Å²) in [5.41, 5.74) is 0. The van der Waals surface area contributed by atoms with E-state index in [4.69, 9.17) is 10.5 Å². The van der Waals surface area contributed by atoms with Crippen molar-refractivity contribution in [3.8, 4) is 6.07 Å². The Morgan fingerprint density at radius 1 is 1.77 bits per heavy atom. The minimum absolute atomic E-state index is 0.113. The summed E-state index contributed by atoms with van der Waals surface area (Å²) in [6.45, 7) is 1.93. The fourth-order valence-electron chi connectivity index (χ4n) is 0.537. The summed E-state index contributed by atoms with van der Waals surface area (Å²) in [6.07, 6.45) is -0.113. The van der Waals surface area contributed by atoms with Gasteiger partial charge < -0.3 is 4.74 Å². The Labute approximate surface area is 79.4 Å². The van der Waals surface area contributed by atoms with Gasteiger partial charge in [-0.2, -0.15) is 5.26 Å². The maximum atomic E-state index is 10.8. The van der Waals surface area contributed by atoms with E-state index in [9.17, 15) is 4.79 Å². The largest absolute Gasteiger partial charge is 0.466 e. The summed E-state index contributed by atoms with van der Waals surface area (Å²) < 4.78 is 8.60. The number of ether oxygens (including phenoxy) is 1. The maximum Gasteiger partial charge on any atom is 0.308 e. The predicted octanol–water partition coefficient (Wildman–Crippen LogP) is 0.901. The first-order chi connectivity index (χ1) is 6.24. The third-order valence-electron chi connectivity index (χ3n) is 0.987. The molecule has 0 bridgehead atoms. The molecule has 0 spiro atoms. The van der Waals surface area contributed by atoms with E-state index >= 15 is 0 Å². The van der Waals surface area contributed by atoms with E-state index in [1.54, 1.807) is 13.0 Å². The standard InChI is InChI=1S/C6H9NO5S/c1-2-10-6(8)3-5(4-7)13-12-11-9/h5,9H,2-3H2,1H3. The summed E-state index contributed by atoms with van der Waals surface area (Å²) in [5.74, 6) is -0.497. The molecule has 0 saturated carbocycles. The number of carbonyl (C=O) groups excluding carboxylic acids is 1. The molecule has 0 aliphatic carbocycles. The first kappa shape index (κ1) is 12.2. The summed E-state index contributed by atoms with van der Waals surface area (Å²) >= 11 is 0.542. The van der Waals surface area contributed by atoms with E-state index in [1.807, 2.05) is 0 Å². The zero-order chi connectivity index (χ0) is 10.1. The third kappa shape index (κ3) is 6.36. The number of rotatable bonds is 6. The smallest absolute Gasteiger partial charge is 0.308 e. The number of hydrogen-bond acceptors (Lipinski definition) is 7. The number of carbonyl (C=O) groups is 1. The lowest BCUT2D eigenvalue weighted by atomic mass is 10.3. The molecule has 1 N–H and O–H groups in total. The molecule has 0 aromatic heterocycles. The highest BCUT2D eigenvalue weighted by atomic mass is 32.2. The van der Waals surface area contributed by atoms with Crippen LogP contribution in [0.3, 0.4) is 0 Å². The molecule has 13 heavy (non-hydrogen) atoms. The van der Waals surface area contributed by atoms with Crippen molar-refractivity contribution in [3.63, 3.8) is 0 Å². The Morgan fingerprint density at radius 3 is 2.92 bits per heavy atom. The number of nitriles is 1. The molecule has 0 heterocycles. The van der Waals surface area contributed by atoms with E-state index in [1.165, 1.54) is 0 Å². The van der Waals surface area contributed by atoms with Gasteiger partial charge in [0.2, 0.25) is 0 Å². The Kier molecular flexibility index (Phi) is 7.33. The quantitative estimate of drug-likeness (QED) is 0.299. The van der Waals surface area contributed by atoms with Crippen LogP contribution in [0, 0.1) is 11.3 Å². The number of hydrogen-bond donors (Lipinski definition) is 1. The van der Waals surface area contributed by atoms with Crippen molar-refractivity contribution in [3.05, 3.63) is 0 Å². The van der Waals surface area contributed by atoms with Crippen LogP contribution in [0.5, 0.6) is 0 Å². The average molecular weight is 207 g/mol. The van der Waals surface area contributed by atoms with E-state index < -0.39 is 11.2 Å². The highest BCUT2D eigenvalue weighted by Gasteiger charge is 2.16. The van der Waals surface area contributed by atoms with Crippen LogP contribution in [0.15, 0.2) is 0 Å². The van der Waals surface area contributed by atoms with Gasteiger partial charge in [-0.05, 0) is 6.92 Å². The van der Waals surface area contributed by atoms with Gasteiger partial charge in [0.05, 0.1) is 31.1 Å². The van der Waals surface area contributed by atoms with Gasteiger partial charge in [-0.15, -0.1) is 4.33 Å². The van der Waals surface area contributed by atoms with Gasteiger partial charge in [-0.25, -0.2) is 5.26 Å². The second-order valence-corrected chi connectivity index (χ2v) is 2.76. The van der Waals surface area contributed by atoms with E-state index in [2.05, 4.69) is 14.1 Å². The Morgan fingerprint density at radius 2 is 2.46 bits per heavy atom. The molecule has 0 radical (unpaired) electrons. The lowest BCUT2D eigenvalue weighted by molar-refractivity contribution is -0.432. The molecule has 74 valence electrons. The van der Waals surface area contributed by atoms with E-state index in [0.29, 0.717) is 12.0 Å². The van der Waals surface area contributed by atoms with Gasteiger partial charge in [0.1, 0.15) is 5.25 Å². The van der Waals surface area contributed by atoms with Crippen LogP contribution in [-0.2, 0) is 18.9 Å². The number of nitrogens with zero attached hydrogens (tertiary/aromatic N) is 1. The molecule has 0 aromatic rings. The lowest BCUT2D eigenvalue weighted by Gasteiger charge is -2.04. The van der Waals surface area contributed by atoms with Crippen LogP contribution in [0.25, 0.3) is 0 Å². The van der Waals surface area contributed by atoms with Crippen molar-refractivity contribution in [2.24, 2.45) is 0 Å². The summed E-state index contributed by atoms with van der Waals surface area (Å²) in [6, 6.07) is 1.77. The van der Waals surface area contributed by atoms with Crippen LogP contribution in [0.4, 0.5) is 0 Å².